The van der Waals surface area contributed by atoms with Crippen molar-refractivity contribution in [3.63, 3.8) is 0 Å². The Morgan fingerprint density at radius 3 is 2.85 bits per heavy atom. The highest BCUT2D eigenvalue weighted by molar-refractivity contribution is 14.1. The van der Waals surface area contributed by atoms with Gasteiger partial charge in [-0.15, -0.1) is 10.2 Å². The quantitative estimate of drug-likeness (QED) is 0.786. The lowest BCUT2D eigenvalue weighted by molar-refractivity contribution is 0.471. The SMILES string of the molecule is Oc1cc(-c2nnc[nH]2)ccc1I. The molecule has 0 saturated carbocycles. The molecule has 0 saturated heterocycles. The summed E-state index contributed by atoms with van der Waals surface area (Å²) < 4.78 is 0.820. The van der Waals surface area contributed by atoms with Gasteiger partial charge in [0.1, 0.15) is 12.1 Å². The number of H-pyrrole nitrogens is 1. The Kier molecular flexibility index (Phi) is 2.17. The number of phenolic OH excluding ortho intramolecular Hbond substituents is 1. The second-order valence-electron chi connectivity index (χ2n) is 2.50. The number of nitrogens with one attached hydrogen (secondary N) is 1. The molecule has 0 amide bonds. The molecule has 2 rings (SSSR count). The van der Waals surface area contributed by atoms with E-state index in [0.717, 1.165) is 9.13 Å². The molecule has 0 unspecified atom stereocenters. The standard InChI is InChI=1S/C8H6IN3O/c9-6-2-1-5(3-7(6)13)8-10-4-11-12-8/h1-4,13H,(H,10,11,12). The van der Waals surface area contributed by atoms with Crippen LogP contribution in [-0.2, 0) is 0 Å². The highest BCUT2D eigenvalue weighted by Crippen LogP contribution is 2.24. The Balaban J connectivity index is 2.49. The first-order valence-electron chi connectivity index (χ1n) is 3.62. The third-order valence-electron chi connectivity index (χ3n) is 1.64. The van der Waals surface area contributed by atoms with Crippen LogP contribution in [0.2, 0.25) is 0 Å². The van der Waals surface area contributed by atoms with Gasteiger partial charge in [-0.05, 0) is 40.8 Å². The van der Waals surface area contributed by atoms with Crippen LogP contribution in [0.5, 0.6) is 5.75 Å². The lowest BCUT2D eigenvalue weighted by Gasteiger charge is -1.98. The number of benzene rings is 1. The van der Waals surface area contributed by atoms with Crippen LogP contribution in [0, 0.1) is 3.57 Å². The molecule has 2 aromatic rings. The molecule has 1 aromatic carbocycles. The van der Waals surface area contributed by atoms with E-state index in [1.807, 2.05) is 12.1 Å². The smallest absolute Gasteiger partial charge is 0.161 e. The van der Waals surface area contributed by atoms with E-state index in [-0.39, 0.29) is 5.75 Å². The molecule has 0 atom stereocenters. The fourth-order valence-corrected chi connectivity index (χ4v) is 1.34. The zero-order valence-corrected chi connectivity index (χ0v) is 8.69. The van der Waals surface area contributed by atoms with Crippen molar-refractivity contribution < 1.29 is 5.11 Å². The largest absolute Gasteiger partial charge is 0.507 e. The highest BCUT2D eigenvalue weighted by atomic mass is 127. The van der Waals surface area contributed by atoms with Gasteiger partial charge < -0.3 is 10.1 Å². The molecule has 0 fully saturated rings. The Hall–Kier alpha value is -1.11. The van der Waals surface area contributed by atoms with Crippen LogP contribution in [-0.4, -0.2) is 20.3 Å². The third-order valence-corrected chi connectivity index (χ3v) is 2.55. The van der Waals surface area contributed by atoms with E-state index in [1.54, 1.807) is 6.07 Å². The van der Waals surface area contributed by atoms with Gasteiger partial charge in [-0.25, -0.2) is 0 Å². The molecule has 13 heavy (non-hydrogen) atoms. The lowest BCUT2D eigenvalue weighted by Crippen LogP contribution is -1.81. The average molecular weight is 287 g/mol. The van der Waals surface area contributed by atoms with Crippen molar-refractivity contribution >= 4 is 22.6 Å². The topological polar surface area (TPSA) is 61.8 Å². The molecule has 1 heterocycles. The molecule has 0 radical (unpaired) electrons. The van der Waals surface area contributed by atoms with E-state index in [4.69, 9.17) is 0 Å². The van der Waals surface area contributed by atoms with Crippen LogP contribution >= 0.6 is 22.6 Å². The van der Waals surface area contributed by atoms with Gasteiger partial charge >= 0.3 is 0 Å². The Morgan fingerprint density at radius 1 is 1.38 bits per heavy atom. The summed E-state index contributed by atoms with van der Waals surface area (Å²) in [6.07, 6.45) is 1.50. The van der Waals surface area contributed by atoms with Crippen LogP contribution in [0.25, 0.3) is 11.4 Å². The van der Waals surface area contributed by atoms with E-state index in [1.165, 1.54) is 6.33 Å². The van der Waals surface area contributed by atoms with Gasteiger partial charge in [0.25, 0.3) is 0 Å². The van der Waals surface area contributed by atoms with E-state index in [2.05, 4.69) is 37.8 Å². The van der Waals surface area contributed by atoms with Crippen molar-refractivity contribution in [1.82, 2.24) is 15.2 Å². The number of aromatic amines is 1. The predicted octanol–water partition coefficient (Wildman–Crippen LogP) is 1.78. The van der Waals surface area contributed by atoms with Crippen LogP contribution < -0.4 is 0 Å². The predicted molar refractivity (Wildman–Crippen MR) is 56.2 cm³/mol. The van der Waals surface area contributed by atoms with Crippen LogP contribution in [0.1, 0.15) is 0 Å². The molecule has 5 heteroatoms. The van der Waals surface area contributed by atoms with Gasteiger partial charge in [0, 0.05) is 5.56 Å². The van der Waals surface area contributed by atoms with E-state index < -0.39 is 0 Å². The van der Waals surface area contributed by atoms with Gasteiger partial charge in [-0.3, -0.25) is 0 Å². The summed E-state index contributed by atoms with van der Waals surface area (Å²) in [5, 5.41) is 16.9. The molecule has 0 aliphatic heterocycles. The number of hydrogen-bond acceptors (Lipinski definition) is 3. The summed E-state index contributed by atoms with van der Waals surface area (Å²) in [6.45, 7) is 0. The fraction of sp³-hybridized carbons (Fsp3) is 0. The summed E-state index contributed by atoms with van der Waals surface area (Å²) in [6, 6.07) is 5.36. The number of phenols is 1. The minimum absolute atomic E-state index is 0.259. The van der Waals surface area contributed by atoms with Crippen molar-refractivity contribution in [3.05, 3.63) is 28.1 Å². The second kappa shape index (κ2) is 3.33. The molecular weight excluding hydrogens is 281 g/mol. The van der Waals surface area contributed by atoms with E-state index in [9.17, 15) is 5.11 Å². The summed E-state index contributed by atoms with van der Waals surface area (Å²) >= 11 is 2.06. The Labute approximate surface area is 88.2 Å². The number of nitrogens with zero attached hydrogens (tertiary/aromatic N) is 2. The van der Waals surface area contributed by atoms with E-state index in [0.29, 0.717) is 5.82 Å². The maximum Gasteiger partial charge on any atom is 0.161 e. The second-order valence-corrected chi connectivity index (χ2v) is 3.67. The number of aromatic hydroxyl groups is 1. The normalized spacial score (nSPS) is 10.2. The summed E-state index contributed by atoms with van der Waals surface area (Å²) in [4.78, 5) is 2.86. The van der Waals surface area contributed by atoms with Crippen molar-refractivity contribution in [2.75, 3.05) is 0 Å². The molecule has 2 N–H and O–H groups in total. The highest BCUT2D eigenvalue weighted by Gasteiger charge is 2.03. The Bertz CT molecular complexity index is 413. The Morgan fingerprint density at radius 2 is 2.23 bits per heavy atom. The number of aromatic nitrogens is 3. The molecule has 0 bridgehead atoms. The first kappa shape index (κ1) is 8.49. The number of halogens is 1. The molecule has 4 nitrogen and oxygen atoms in total. The molecule has 1 aromatic heterocycles. The first-order valence-corrected chi connectivity index (χ1v) is 4.70. The lowest BCUT2D eigenvalue weighted by atomic mass is 10.2. The average Bonchev–Trinajstić information content (AvgIpc) is 2.62. The molecular formula is C8H6IN3O. The summed E-state index contributed by atoms with van der Waals surface area (Å²) in [5.41, 5.74) is 0.829. The molecule has 0 spiro atoms. The maximum absolute atomic E-state index is 9.43. The number of rotatable bonds is 1. The summed E-state index contributed by atoms with van der Waals surface area (Å²) in [5.74, 6) is 0.918. The van der Waals surface area contributed by atoms with Crippen molar-refractivity contribution in [2.24, 2.45) is 0 Å². The monoisotopic (exact) mass is 287 g/mol. The third kappa shape index (κ3) is 1.64. The van der Waals surface area contributed by atoms with Gasteiger partial charge in [-0.1, -0.05) is 0 Å². The zero-order chi connectivity index (χ0) is 9.26. The first-order chi connectivity index (χ1) is 6.27. The van der Waals surface area contributed by atoms with Gasteiger partial charge in [0.15, 0.2) is 5.82 Å². The zero-order valence-electron chi connectivity index (χ0n) is 6.53. The number of hydrogen-bond donors (Lipinski definition) is 2. The van der Waals surface area contributed by atoms with Crippen LogP contribution in [0.15, 0.2) is 24.5 Å². The van der Waals surface area contributed by atoms with Gasteiger partial charge in [0.05, 0.1) is 3.57 Å². The van der Waals surface area contributed by atoms with Gasteiger partial charge in [0.2, 0.25) is 0 Å². The molecule has 0 aliphatic carbocycles. The fourth-order valence-electron chi connectivity index (χ4n) is 1.01. The van der Waals surface area contributed by atoms with Crippen LogP contribution in [0.4, 0.5) is 0 Å². The van der Waals surface area contributed by atoms with Crippen LogP contribution in [0.3, 0.4) is 0 Å². The van der Waals surface area contributed by atoms with Crippen molar-refractivity contribution in [3.8, 4) is 17.1 Å². The minimum Gasteiger partial charge on any atom is -0.507 e. The molecule has 0 aliphatic rings. The maximum atomic E-state index is 9.43. The van der Waals surface area contributed by atoms with E-state index >= 15 is 0 Å². The molecule has 66 valence electrons. The summed E-state index contributed by atoms with van der Waals surface area (Å²) in [7, 11) is 0. The van der Waals surface area contributed by atoms with Crippen molar-refractivity contribution in [2.45, 2.75) is 0 Å². The minimum atomic E-state index is 0.259. The van der Waals surface area contributed by atoms with Gasteiger partial charge in [-0.2, -0.15) is 0 Å². The van der Waals surface area contributed by atoms with Crippen molar-refractivity contribution in [1.29, 1.82) is 0 Å².